The first-order valence-corrected chi connectivity index (χ1v) is 7.54. The molecule has 0 radical (unpaired) electrons. The number of hydrogen-bond acceptors (Lipinski definition) is 2. The highest BCUT2D eigenvalue weighted by Gasteiger charge is 2.32. The third kappa shape index (κ3) is 4.45. The minimum Gasteiger partial charge on any atom is -0.338 e. The van der Waals surface area contributed by atoms with E-state index >= 15 is 0 Å². The van der Waals surface area contributed by atoms with Crippen molar-refractivity contribution in [2.75, 3.05) is 20.1 Å². The van der Waals surface area contributed by atoms with E-state index in [-0.39, 0.29) is 23.7 Å². The lowest BCUT2D eigenvalue weighted by Gasteiger charge is -2.30. The molecule has 118 valence electrons. The van der Waals surface area contributed by atoms with Crippen molar-refractivity contribution in [1.82, 2.24) is 10.2 Å². The Morgan fingerprint density at radius 1 is 1.33 bits per heavy atom. The van der Waals surface area contributed by atoms with Gasteiger partial charge in [-0.2, -0.15) is 0 Å². The summed E-state index contributed by atoms with van der Waals surface area (Å²) < 4.78 is 0. The highest BCUT2D eigenvalue weighted by molar-refractivity contribution is 5.85. The molecule has 1 unspecified atom stereocenters. The smallest absolute Gasteiger partial charge is 0.223 e. The molecule has 1 fully saturated rings. The molecule has 4 heteroatoms. The Bertz CT molecular complexity index is 447. The third-order valence-electron chi connectivity index (χ3n) is 4.29. The maximum absolute atomic E-state index is 12.6. The number of rotatable bonds is 5. The molecule has 2 rings (SSSR count). The van der Waals surface area contributed by atoms with Crippen molar-refractivity contribution in [3.63, 3.8) is 0 Å². The van der Waals surface area contributed by atoms with E-state index in [1.54, 1.807) is 0 Å². The Labute approximate surface area is 134 Å². The van der Waals surface area contributed by atoms with E-state index in [1.165, 1.54) is 5.56 Å². The van der Waals surface area contributed by atoms with Crippen molar-refractivity contribution in [1.29, 1.82) is 0 Å². The van der Waals surface area contributed by atoms with Gasteiger partial charge in [-0.1, -0.05) is 44.2 Å². The largest absolute Gasteiger partial charge is 0.338 e. The minimum atomic E-state index is -0.106. The van der Waals surface area contributed by atoms with Crippen LogP contribution in [0.1, 0.15) is 38.7 Å². The predicted octanol–water partition coefficient (Wildman–Crippen LogP) is 2.99. The fourth-order valence-corrected chi connectivity index (χ4v) is 3.08. The van der Waals surface area contributed by atoms with Crippen molar-refractivity contribution in [2.24, 2.45) is 0 Å². The van der Waals surface area contributed by atoms with Gasteiger partial charge in [-0.15, -0.1) is 12.4 Å². The summed E-state index contributed by atoms with van der Waals surface area (Å²) in [5, 5.41) is 3.20. The molecule has 0 spiro atoms. The molecule has 1 aromatic carbocycles. The van der Waals surface area contributed by atoms with Crippen LogP contribution in [0.5, 0.6) is 0 Å². The summed E-state index contributed by atoms with van der Waals surface area (Å²) in [6.07, 6.45) is 2.83. The van der Waals surface area contributed by atoms with Gasteiger partial charge in [-0.3, -0.25) is 4.79 Å². The van der Waals surface area contributed by atoms with Crippen molar-refractivity contribution in [3.8, 4) is 0 Å². The maximum atomic E-state index is 12.6. The Hall–Kier alpha value is -1.06. The molecule has 1 saturated heterocycles. The lowest BCUT2D eigenvalue weighted by Crippen LogP contribution is -2.42. The summed E-state index contributed by atoms with van der Waals surface area (Å²) >= 11 is 0. The van der Waals surface area contributed by atoms with Crippen LogP contribution in [-0.4, -0.2) is 37.0 Å². The number of likely N-dealkylation sites (N-methyl/N-ethyl adjacent to an activating group) is 1. The van der Waals surface area contributed by atoms with E-state index < -0.39 is 0 Å². The molecule has 21 heavy (non-hydrogen) atoms. The summed E-state index contributed by atoms with van der Waals surface area (Å²) in [5.41, 5.74) is 1.13. The van der Waals surface area contributed by atoms with Crippen LogP contribution in [0.3, 0.4) is 0 Å². The number of likely N-dealkylation sites (tertiary alicyclic amines) is 1. The summed E-state index contributed by atoms with van der Waals surface area (Å²) in [6.45, 7) is 6.13. The zero-order chi connectivity index (χ0) is 14.6. The van der Waals surface area contributed by atoms with Crippen molar-refractivity contribution >= 4 is 18.3 Å². The molecule has 0 aromatic heterocycles. The quantitative estimate of drug-likeness (QED) is 0.907. The highest BCUT2D eigenvalue weighted by atomic mass is 35.5. The molecule has 0 aliphatic carbocycles. The standard InChI is InChI=1S/C17H26N2O.ClH/c1-17(2,14-8-5-4-6-9-14)12-16(20)19-11-7-10-15(19)13-18-3;/h4-6,8-9,15,18H,7,10-13H2,1-3H3;1H. The monoisotopic (exact) mass is 310 g/mol. The average molecular weight is 311 g/mol. The van der Waals surface area contributed by atoms with Gasteiger partial charge in [0.15, 0.2) is 0 Å². The number of nitrogens with zero attached hydrogens (tertiary/aromatic N) is 1. The van der Waals surface area contributed by atoms with Gasteiger partial charge in [0.05, 0.1) is 0 Å². The van der Waals surface area contributed by atoms with E-state index in [2.05, 4.69) is 36.2 Å². The zero-order valence-electron chi connectivity index (χ0n) is 13.3. The fourth-order valence-electron chi connectivity index (χ4n) is 3.08. The predicted molar refractivity (Wildman–Crippen MR) is 90.0 cm³/mol. The average Bonchev–Trinajstić information content (AvgIpc) is 2.88. The number of halogens is 1. The van der Waals surface area contributed by atoms with E-state index in [0.29, 0.717) is 12.5 Å². The normalized spacial score (nSPS) is 18.4. The van der Waals surface area contributed by atoms with E-state index in [1.807, 2.05) is 25.2 Å². The summed E-state index contributed by atoms with van der Waals surface area (Å²) in [6, 6.07) is 10.7. The van der Waals surface area contributed by atoms with Crippen LogP contribution in [0.15, 0.2) is 30.3 Å². The molecule has 1 aromatic rings. The highest BCUT2D eigenvalue weighted by Crippen LogP contribution is 2.29. The molecular formula is C17H27ClN2O. The van der Waals surface area contributed by atoms with Crippen LogP contribution in [0.2, 0.25) is 0 Å². The van der Waals surface area contributed by atoms with Crippen LogP contribution < -0.4 is 5.32 Å². The summed E-state index contributed by atoms with van der Waals surface area (Å²) in [5.74, 6) is 0.289. The molecule has 1 aliphatic rings. The van der Waals surface area contributed by atoms with Crippen LogP contribution in [0.4, 0.5) is 0 Å². The zero-order valence-corrected chi connectivity index (χ0v) is 14.1. The molecule has 1 aliphatic heterocycles. The molecule has 0 bridgehead atoms. The van der Waals surface area contributed by atoms with Gasteiger partial charge >= 0.3 is 0 Å². The maximum Gasteiger partial charge on any atom is 0.223 e. The second kappa shape index (κ2) is 7.81. The number of benzene rings is 1. The SMILES string of the molecule is CNCC1CCCN1C(=O)CC(C)(C)c1ccccc1.Cl. The first-order valence-electron chi connectivity index (χ1n) is 7.54. The lowest BCUT2D eigenvalue weighted by atomic mass is 9.81. The van der Waals surface area contributed by atoms with Gasteiger partial charge in [0, 0.05) is 25.6 Å². The summed E-state index contributed by atoms with van der Waals surface area (Å²) in [7, 11) is 1.95. The van der Waals surface area contributed by atoms with Crippen LogP contribution in [-0.2, 0) is 10.2 Å². The molecule has 1 N–H and O–H groups in total. The Morgan fingerprint density at radius 2 is 2.00 bits per heavy atom. The first-order chi connectivity index (χ1) is 9.54. The Morgan fingerprint density at radius 3 is 2.62 bits per heavy atom. The van der Waals surface area contributed by atoms with Gasteiger partial charge in [-0.05, 0) is 30.9 Å². The third-order valence-corrected chi connectivity index (χ3v) is 4.29. The van der Waals surface area contributed by atoms with E-state index in [4.69, 9.17) is 0 Å². The molecule has 0 saturated carbocycles. The second-order valence-electron chi connectivity index (χ2n) is 6.37. The number of hydrogen-bond donors (Lipinski definition) is 1. The molecule has 1 atom stereocenters. The topological polar surface area (TPSA) is 32.3 Å². The van der Waals surface area contributed by atoms with Gasteiger partial charge in [0.2, 0.25) is 5.91 Å². The number of amides is 1. The minimum absolute atomic E-state index is 0. The summed E-state index contributed by atoms with van der Waals surface area (Å²) in [4.78, 5) is 14.7. The molecule has 1 amide bonds. The fraction of sp³-hybridized carbons (Fsp3) is 0.588. The lowest BCUT2D eigenvalue weighted by molar-refractivity contribution is -0.133. The number of carbonyl (C=O) groups excluding carboxylic acids is 1. The van der Waals surface area contributed by atoms with Crippen molar-refractivity contribution in [2.45, 2.75) is 44.6 Å². The number of carbonyl (C=O) groups is 1. The van der Waals surface area contributed by atoms with Crippen LogP contribution >= 0.6 is 12.4 Å². The van der Waals surface area contributed by atoms with Crippen LogP contribution in [0.25, 0.3) is 0 Å². The molecule has 1 heterocycles. The van der Waals surface area contributed by atoms with Gasteiger partial charge in [0.1, 0.15) is 0 Å². The Kier molecular flexibility index (Phi) is 6.69. The molecule has 3 nitrogen and oxygen atoms in total. The van der Waals surface area contributed by atoms with E-state index in [9.17, 15) is 4.79 Å². The van der Waals surface area contributed by atoms with Crippen molar-refractivity contribution in [3.05, 3.63) is 35.9 Å². The first kappa shape index (κ1) is 18.0. The van der Waals surface area contributed by atoms with Crippen molar-refractivity contribution < 1.29 is 4.79 Å². The van der Waals surface area contributed by atoms with Gasteiger partial charge in [-0.25, -0.2) is 0 Å². The van der Waals surface area contributed by atoms with E-state index in [0.717, 1.165) is 25.9 Å². The number of nitrogens with one attached hydrogen (secondary N) is 1. The van der Waals surface area contributed by atoms with Gasteiger partial charge in [0.25, 0.3) is 0 Å². The second-order valence-corrected chi connectivity index (χ2v) is 6.37. The molecular weight excluding hydrogens is 284 g/mol. The van der Waals surface area contributed by atoms with Crippen LogP contribution in [0, 0.1) is 0 Å². The Balaban J connectivity index is 0.00000220. The van der Waals surface area contributed by atoms with Gasteiger partial charge < -0.3 is 10.2 Å².